The molecule has 0 saturated carbocycles. The Balaban J connectivity index is 2.14. The molecule has 2 nitrogen and oxygen atoms in total. The van der Waals surface area contributed by atoms with Crippen molar-refractivity contribution in [3.8, 4) is 0 Å². The van der Waals surface area contributed by atoms with Crippen molar-refractivity contribution in [2.75, 3.05) is 6.26 Å². The first-order valence-electron chi connectivity index (χ1n) is 7.04. The molecule has 0 saturated heterocycles. The molecule has 0 aromatic heterocycles. The van der Waals surface area contributed by atoms with Crippen molar-refractivity contribution < 1.29 is 18.0 Å². The predicted molar refractivity (Wildman–Crippen MR) is 90.6 cm³/mol. The number of carbonyl (C=O) groups excluding carboxylic acids is 1. The van der Waals surface area contributed by atoms with Gasteiger partial charge in [-0.15, -0.1) is 11.8 Å². The molecule has 0 spiro atoms. The summed E-state index contributed by atoms with van der Waals surface area (Å²) in [5, 5.41) is 3.07. The van der Waals surface area contributed by atoms with Gasteiger partial charge in [-0.3, -0.25) is 4.79 Å². The van der Waals surface area contributed by atoms with Crippen LogP contribution in [0.1, 0.15) is 34.5 Å². The third kappa shape index (κ3) is 4.45. The molecule has 2 aromatic rings. The van der Waals surface area contributed by atoms with Crippen LogP contribution < -0.4 is 5.32 Å². The molecule has 1 atom stereocenters. The summed E-state index contributed by atoms with van der Waals surface area (Å²) in [4.78, 5) is 13.3. The number of benzene rings is 2. The second kappa shape index (κ2) is 7.49. The van der Waals surface area contributed by atoms with E-state index >= 15 is 0 Å². The fraction of sp³-hybridized carbons (Fsp3) is 0.235. The van der Waals surface area contributed by atoms with Crippen LogP contribution in [-0.4, -0.2) is 12.2 Å². The van der Waals surface area contributed by atoms with Gasteiger partial charge in [-0.05, 0) is 49.1 Å². The fourth-order valence-corrected chi connectivity index (χ4v) is 2.77. The molecule has 2 aromatic carbocycles. The van der Waals surface area contributed by atoms with Crippen LogP contribution in [-0.2, 0) is 6.18 Å². The zero-order chi connectivity index (χ0) is 17.9. The zero-order valence-corrected chi connectivity index (χ0v) is 14.5. The molecule has 0 fully saturated rings. The predicted octanol–water partition coefficient (Wildman–Crippen LogP) is 5.57. The maximum absolute atomic E-state index is 12.6. The summed E-state index contributed by atoms with van der Waals surface area (Å²) in [6.07, 6.45) is -2.49. The Bertz CT molecular complexity index is 732. The molecule has 1 N–H and O–H groups in total. The van der Waals surface area contributed by atoms with Crippen molar-refractivity contribution in [2.24, 2.45) is 0 Å². The highest BCUT2D eigenvalue weighted by Crippen LogP contribution is 2.30. The normalized spacial score (nSPS) is 12.8. The SMILES string of the molecule is CSc1ccc(Cl)c(C(=O)NC(C)c2ccc(C(F)(F)F)cc2)c1. The van der Waals surface area contributed by atoms with E-state index in [1.807, 2.05) is 12.3 Å². The van der Waals surface area contributed by atoms with E-state index in [4.69, 9.17) is 11.6 Å². The van der Waals surface area contributed by atoms with E-state index in [1.165, 1.54) is 23.9 Å². The lowest BCUT2D eigenvalue weighted by Gasteiger charge is -2.16. The minimum atomic E-state index is -4.38. The minimum Gasteiger partial charge on any atom is -0.345 e. The van der Waals surface area contributed by atoms with Gasteiger partial charge in [-0.1, -0.05) is 23.7 Å². The molecular weight excluding hydrogens is 359 g/mol. The lowest BCUT2D eigenvalue weighted by molar-refractivity contribution is -0.137. The van der Waals surface area contributed by atoms with Crippen molar-refractivity contribution in [1.29, 1.82) is 0 Å². The van der Waals surface area contributed by atoms with Gasteiger partial charge in [0.25, 0.3) is 5.91 Å². The van der Waals surface area contributed by atoms with Gasteiger partial charge in [0.15, 0.2) is 0 Å². The van der Waals surface area contributed by atoms with E-state index in [2.05, 4.69) is 5.32 Å². The lowest BCUT2D eigenvalue weighted by atomic mass is 10.1. The highest BCUT2D eigenvalue weighted by Gasteiger charge is 2.30. The molecule has 0 radical (unpaired) electrons. The molecule has 2 rings (SSSR count). The van der Waals surface area contributed by atoms with Crippen LogP contribution in [0.15, 0.2) is 47.4 Å². The number of nitrogens with one attached hydrogen (secondary N) is 1. The number of hydrogen-bond donors (Lipinski definition) is 1. The monoisotopic (exact) mass is 373 g/mol. The number of alkyl halides is 3. The number of halogens is 4. The number of carbonyl (C=O) groups is 1. The summed E-state index contributed by atoms with van der Waals surface area (Å²) >= 11 is 7.54. The van der Waals surface area contributed by atoms with Gasteiger partial charge in [0, 0.05) is 4.90 Å². The summed E-state index contributed by atoms with van der Waals surface area (Å²) in [6, 6.07) is 9.39. The zero-order valence-electron chi connectivity index (χ0n) is 12.9. The van der Waals surface area contributed by atoms with Crippen LogP contribution in [0, 0.1) is 0 Å². The van der Waals surface area contributed by atoms with Gasteiger partial charge in [0.2, 0.25) is 0 Å². The Morgan fingerprint density at radius 1 is 1.17 bits per heavy atom. The third-order valence-electron chi connectivity index (χ3n) is 3.50. The van der Waals surface area contributed by atoms with E-state index in [9.17, 15) is 18.0 Å². The molecule has 0 aliphatic heterocycles. The standard InChI is InChI=1S/C17H15ClF3NOS/c1-10(11-3-5-12(6-4-11)17(19,20)21)22-16(23)14-9-13(24-2)7-8-15(14)18/h3-10H,1-2H3,(H,22,23). The first kappa shape index (κ1) is 18.7. The number of rotatable bonds is 4. The molecule has 0 heterocycles. The summed E-state index contributed by atoms with van der Waals surface area (Å²) in [5.74, 6) is -0.372. The lowest BCUT2D eigenvalue weighted by Crippen LogP contribution is -2.27. The molecule has 24 heavy (non-hydrogen) atoms. The second-order valence-corrected chi connectivity index (χ2v) is 6.45. The third-order valence-corrected chi connectivity index (χ3v) is 4.56. The molecule has 0 aliphatic rings. The van der Waals surface area contributed by atoms with Crippen LogP contribution in [0.3, 0.4) is 0 Å². The number of thioether (sulfide) groups is 1. The Morgan fingerprint density at radius 2 is 1.79 bits per heavy atom. The molecule has 0 aliphatic carbocycles. The van der Waals surface area contributed by atoms with Gasteiger partial charge in [-0.2, -0.15) is 13.2 Å². The van der Waals surface area contributed by atoms with E-state index < -0.39 is 17.8 Å². The summed E-state index contributed by atoms with van der Waals surface area (Å²) in [7, 11) is 0. The Morgan fingerprint density at radius 3 is 2.33 bits per heavy atom. The van der Waals surface area contributed by atoms with Crippen molar-refractivity contribution in [1.82, 2.24) is 5.32 Å². The van der Waals surface area contributed by atoms with E-state index in [0.717, 1.165) is 17.0 Å². The van der Waals surface area contributed by atoms with Gasteiger partial charge >= 0.3 is 6.18 Å². The van der Waals surface area contributed by atoms with Crippen LogP contribution >= 0.6 is 23.4 Å². The van der Waals surface area contributed by atoms with Crippen molar-refractivity contribution in [3.05, 3.63) is 64.2 Å². The Labute approximate surface area is 147 Å². The first-order chi connectivity index (χ1) is 11.2. The molecule has 1 amide bonds. The maximum Gasteiger partial charge on any atom is 0.416 e. The van der Waals surface area contributed by atoms with Gasteiger partial charge in [-0.25, -0.2) is 0 Å². The highest BCUT2D eigenvalue weighted by atomic mass is 35.5. The van der Waals surface area contributed by atoms with Crippen molar-refractivity contribution in [2.45, 2.75) is 24.0 Å². The number of hydrogen-bond acceptors (Lipinski definition) is 2. The molecule has 0 bridgehead atoms. The summed E-state index contributed by atoms with van der Waals surface area (Å²) < 4.78 is 37.7. The Kier molecular flexibility index (Phi) is 5.83. The van der Waals surface area contributed by atoms with Crippen molar-refractivity contribution in [3.63, 3.8) is 0 Å². The summed E-state index contributed by atoms with van der Waals surface area (Å²) in [5.41, 5.74) is 0.191. The minimum absolute atomic E-state index is 0.324. The number of amides is 1. The average molecular weight is 374 g/mol. The van der Waals surface area contributed by atoms with E-state index in [0.29, 0.717) is 16.1 Å². The molecule has 7 heteroatoms. The maximum atomic E-state index is 12.6. The van der Waals surface area contributed by atoms with Crippen LogP contribution in [0.4, 0.5) is 13.2 Å². The largest absolute Gasteiger partial charge is 0.416 e. The van der Waals surface area contributed by atoms with Gasteiger partial charge in [0.1, 0.15) is 0 Å². The molecular formula is C17H15ClF3NOS. The average Bonchev–Trinajstić information content (AvgIpc) is 2.54. The van der Waals surface area contributed by atoms with Gasteiger partial charge in [0.05, 0.1) is 22.2 Å². The molecule has 128 valence electrons. The Hall–Kier alpha value is -1.66. The van der Waals surface area contributed by atoms with Crippen LogP contribution in [0.25, 0.3) is 0 Å². The van der Waals surface area contributed by atoms with E-state index in [-0.39, 0.29) is 5.91 Å². The highest BCUT2D eigenvalue weighted by molar-refractivity contribution is 7.98. The quantitative estimate of drug-likeness (QED) is 0.709. The topological polar surface area (TPSA) is 29.1 Å². The summed E-state index contributed by atoms with van der Waals surface area (Å²) in [6.45, 7) is 1.70. The smallest absolute Gasteiger partial charge is 0.345 e. The van der Waals surface area contributed by atoms with E-state index in [1.54, 1.807) is 19.1 Å². The van der Waals surface area contributed by atoms with Crippen LogP contribution in [0.5, 0.6) is 0 Å². The van der Waals surface area contributed by atoms with Crippen molar-refractivity contribution >= 4 is 29.3 Å². The van der Waals surface area contributed by atoms with Gasteiger partial charge < -0.3 is 5.32 Å². The fourth-order valence-electron chi connectivity index (χ4n) is 2.12. The van der Waals surface area contributed by atoms with Crippen LogP contribution in [0.2, 0.25) is 5.02 Å². The second-order valence-electron chi connectivity index (χ2n) is 5.16. The molecule has 1 unspecified atom stereocenters. The first-order valence-corrected chi connectivity index (χ1v) is 8.64.